The number of allylic oxidation sites excluding steroid dienone is 2. The minimum Gasteiger partial charge on any atom is -0.396 e. The molecule has 0 amide bonds. The quantitative estimate of drug-likeness (QED) is 0.308. The van der Waals surface area contributed by atoms with E-state index in [0.717, 1.165) is 38.5 Å². The van der Waals surface area contributed by atoms with E-state index in [2.05, 4.69) is 10.6 Å². The lowest BCUT2D eigenvalue weighted by Gasteiger charge is -2.15. The summed E-state index contributed by atoms with van der Waals surface area (Å²) >= 11 is 0. The van der Waals surface area contributed by atoms with Crippen molar-refractivity contribution in [1.82, 2.24) is 10.6 Å². The number of aliphatic hydroxyl groups excluding tert-OH is 2. The summed E-state index contributed by atoms with van der Waals surface area (Å²) in [7, 11) is 0. The van der Waals surface area contributed by atoms with Crippen molar-refractivity contribution in [2.75, 3.05) is 26.3 Å². The van der Waals surface area contributed by atoms with E-state index in [4.69, 9.17) is 10.2 Å². The minimum absolute atomic E-state index is 0.177. The molecule has 6 nitrogen and oxygen atoms in total. The molecular weight excluding hydrogens is 284 g/mol. The Morgan fingerprint density at radius 3 is 1.45 bits per heavy atom. The summed E-state index contributed by atoms with van der Waals surface area (Å²) in [5.74, 6) is -0.390. The molecule has 22 heavy (non-hydrogen) atoms. The molecule has 0 aromatic heterocycles. The first-order valence-electron chi connectivity index (χ1n) is 7.90. The molecule has 0 radical (unpaired) electrons. The molecule has 0 bridgehead atoms. The molecule has 0 saturated heterocycles. The van der Waals surface area contributed by atoms with Crippen molar-refractivity contribution in [3.63, 3.8) is 0 Å². The molecule has 1 rings (SSSR count). The monoisotopic (exact) mass is 310 g/mol. The third-order valence-corrected chi connectivity index (χ3v) is 3.38. The maximum absolute atomic E-state index is 11.9. The van der Waals surface area contributed by atoms with E-state index in [1.807, 2.05) is 0 Å². The van der Waals surface area contributed by atoms with Crippen LogP contribution in [0, 0.1) is 0 Å². The van der Waals surface area contributed by atoms with Crippen LogP contribution in [-0.2, 0) is 9.59 Å². The Bertz CT molecular complexity index is 390. The topological polar surface area (TPSA) is 98.7 Å². The maximum atomic E-state index is 11.9. The number of carbonyl (C=O) groups is 2. The molecule has 0 heterocycles. The lowest BCUT2D eigenvalue weighted by atomic mass is 10.1. The van der Waals surface area contributed by atoms with Crippen molar-refractivity contribution < 1.29 is 19.8 Å². The van der Waals surface area contributed by atoms with Crippen molar-refractivity contribution in [3.8, 4) is 0 Å². The van der Waals surface area contributed by atoms with Crippen LogP contribution in [0.15, 0.2) is 23.5 Å². The summed E-state index contributed by atoms with van der Waals surface area (Å²) in [6.45, 7) is 1.58. The van der Waals surface area contributed by atoms with Gasteiger partial charge in [0.15, 0.2) is 0 Å². The largest absolute Gasteiger partial charge is 0.396 e. The van der Waals surface area contributed by atoms with Gasteiger partial charge in [-0.2, -0.15) is 0 Å². The molecule has 0 saturated carbocycles. The predicted octanol–water partition coefficient (Wildman–Crippen LogP) is 0.410. The average molecular weight is 310 g/mol. The molecule has 1 aliphatic carbocycles. The number of hydrogen-bond acceptors (Lipinski definition) is 6. The second kappa shape index (κ2) is 11.0. The van der Waals surface area contributed by atoms with Gasteiger partial charge in [-0.3, -0.25) is 9.59 Å². The van der Waals surface area contributed by atoms with Gasteiger partial charge in [0.2, 0.25) is 11.6 Å². The lowest BCUT2D eigenvalue weighted by molar-refractivity contribution is -0.115. The van der Waals surface area contributed by atoms with Crippen molar-refractivity contribution in [1.29, 1.82) is 0 Å². The van der Waals surface area contributed by atoms with Gasteiger partial charge in [0.1, 0.15) is 0 Å². The van der Waals surface area contributed by atoms with Crippen molar-refractivity contribution in [2.45, 2.75) is 38.5 Å². The average Bonchev–Trinajstić information content (AvgIpc) is 2.51. The third-order valence-electron chi connectivity index (χ3n) is 3.38. The van der Waals surface area contributed by atoms with Crippen LogP contribution in [-0.4, -0.2) is 48.1 Å². The van der Waals surface area contributed by atoms with Crippen LogP contribution in [0.3, 0.4) is 0 Å². The van der Waals surface area contributed by atoms with E-state index >= 15 is 0 Å². The van der Waals surface area contributed by atoms with Gasteiger partial charge in [0, 0.05) is 38.5 Å². The number of ketones is 2. The SMILES string of the molecule is O=C1C=C(NCCCCCO)C(=O)C=C1NCCCCCO. The first-order valence-corrected chi connectivity index (χ1v) is 7.90. The Morgan fingerprint density at radius 2 is 1.09 bits per heavy atom. The second-order valence-electron chi connectivity index (χ2n) is 5.27. The van der Waals surface area contributed by atoms with Crippen LogP contribution in [0.25, 0.3) is 0 Å². The summed E-state index contributed by atoms with van der Waals surface area (Å²) in [5.41, 5.74) is 0.666. The normalized spacial score (nSPS) is 14.6. The zero-order valence-corrected chi connectivity index (χ0v) is 12.9. The van der Waals surface area contributed by atoms with Crippen molar-refractivity contribution in [3.05, 3.63) is 23.5 Å². The lowest BCUT2D eigenvalue weighted by Crippen LogP contribution is -2.30. The first kappa shape index (κ1) is 18.4. The van der Waals surface area contributed by atoms with E-state index in [9.17, 15) is 9.59 Å². The van der Waals surface area contributed by atoms with Crippen LogP contribution in [0.5, 0.6) is 0 Å². The van der Waals surface area contributed by atoms with E-state index in [1.165, 1.54) is 12.2 Å². The Labute approximate surface area is 131 Å². The minimum atomic E-state index is -0.195. The van der Waals surface area contributed by atoms with E-state index < -0.39 is 0 Å². The van der Waals surface area contributed by atoms with Gasteiger partial charge in [0.25, 0.3) is 0 Å². The molecule has 0 aromatic carbocycles. The molecule has 0 aliphatic heterocycles. The van der Waals surface area contributed by atoms with Gasteiger partial charge in [0.05, 0.1) is 11.4 Å². The fraction of sp³-hybridized carbons (Fsp3) is 0.625. The van der Waals surface area contributed by atoms with Crippen LogP contribution in [0.4, 0.5) is 0 Å². The molecule has 1 aliphatic rings. The molecule has 0 atom stereocenters. The van der Waals surface area contributed by atoms with Crippen LogP contribution in [0.1, 0.15) is 38.5 Å². The Hall–Kier alpha value is -1.66. The summed E-state index contributed by atoms with van der Waals surface area (Å²) < 4.78 is 0. The summed E-state index contributed by atoms with van der Waals surface area (Å²) in [4.78, 5) is 23.9. The molecule has 4 N–H and O–H groups in total. The molecule has 6 heteroatoms. The van der Waals surface area contributed by atoms with Gasteiger partial charge in [-0.15, -0.1) is 0 Å². The summed E-state index contributed by atoms with van der Waals surface area (Å²) in [6.07, 6.45) is 7.63. The maximum Gasteiger partial charge on any atom is 0.203 e. The highest BCUT2D eigenvalue weighted by atomic mass is 16.3. The zero-order valence-electron chi connectivity index (χ0n) is 12.9. The Kier molecular flexibility index (Phi) is 9.18. The molecule has 124 valence electrons. The third kappa shape index (κ3) is 6.87. The van der Waals surface area contributed by atoms with Gasteiger partial charge in [-0.25, -0.2) is 0 Å². The van der Waals surface area contributed by atoms with Gasteiger partial charge in [-0.1, -0.05) is 0 Å². The number of carbonyl (C=O) groups excluding carboxylic acids is 2. The number of nitrogens with one attached hydrogen (secondary N) is 2. The zero-order chi connectivity index (χ0) is 16.2. The van der Waals surface area contributed by atoms with Crippen molar-refractivity contribution >= 4 is 11.6 Å². The number of rotatable bonds is 12. The Morgan fingerprint density at radius 1 is 0.682 bits per heavy atom. The highest BCUT2D eigenvalue weighted by molar-refractivity contribution is 6.19. The fourth-order valence-corrected chi connectivity index (χ4v) is 2.11. The van der Waals surface area contributed by atoms with Crippen LogP contribution < -0.4 is 10.6 Å². The number of aliphatic hydroxyl groups is 2. The van der Waals surface area contributed by atoms with Gasteiger partial charge in [-0.05, 0) is 38.5 Å². The van der Waals surface area contributed by atoms with Crippen LogP contribution in [0.2, 0.25) is 0 Å². The summed E-state index contributed by atoms with van der Waals surface area (Å²) in [6, 6.07) is 0. The number of unbranched alkanes of at least 4 members (excludes halogenated alkanes) is 4. The fourth-order valence-electron chi connectivity index (χ4n) is 2.11. The van der Waals surface area contributed by atoms with E-state index in [0.29, 0.717) is 24.5 Å². The smallest absolute Gasteiger partial charge is 0.203 e. The Balaban J connectivity index is 2.32. The van der Waals surface area contributed by atoms with E-state index in [1.54, 1.807) is 0 Å². The van der Waals surface area contributed by atoms with Gasteiger partial charge >= 0.3 is 0 Å². The predicted molar refractivity (Wildman–Crippen MR) is 84.1 cm³/mol. The first-order chi connectivity index (χ1) is 10.7. The standard InChI is InChI=1S/C16H26N2O4/c19-9-5-1-3-7-17-13-11-16(22)14(12-15(13)21)18-8-4-2-6-10-20/h11-12,17-20H,1-10H2. The molecule has 0 spiro atoms. The summed E-state index contributed by atoms with van der Waals surface area (Å²) in [5, 5.41) is 23.3. The second-order valence-corrected chi connectivity index (χ2v) is 5.27. The molecule has 0 aromatic rings. The highest BCUT2D eigenvalue weighted by Gasteiger charge is 2.19. The van der Waals surface area contributed by atoms with Crippen molar-refractivity contribution in [2.24, 2.45) is 0 Å². The highest BCUT2D eigenvalue weighted by Crippen LogP contribution is 2.08. The van der Waals surface area contributed by atoms with Gasteiger partial charge < -0.3 is 20.8 Å². The molecule has 0 fully saturated rings. The van der Waals surface area contributed by atoms with Crippen LogP contribution >= 0.6 is 0 Å². The molecule has 0 unspecified atom stereocenters. The molecular formula is C16H26N2O4. The number of hydrogen-bond donors (Lipinski definition) is 4. The van der Waals surface area contributed by atoms with E-state index in [-0.39, 0.29) is 24.8 Å².